The van der Waals surface area contributed by atoms with Crippen LogP contribution in [0.4, 0.5) is 10.5 Å². The SMILES string of the molecule is Cc1cccc(NC(=O)OC(C)(C)C)c1COc1cccn2c(C)c(C)nc12. The number of nitrogens with one attached hydrogen (secondary N) is 1. The van der Waals surface area contributed by atoms with E-state index >= 15 is 0 Å². The number of nitrogens with zero attached hydrogens (tertiary/aromatic N) is 2. The molecule has 0 unspecified atom stereocenters. The molecule has 0 bridgehead atoms. The molecule has 0 atom stereocenters. The standard InChI is InChI=1S/C22H27N3O3/c1-14-9-7-10-18(24-21(26)28-22(4,5)6)17(14)13-27-19-11-8-12-25-16(3)15(2)23-20(19)25/h7-12H,13H2,1-6H3,(H,24,26). The lowest BCUT2D eigenvalue weighted by Gasteiger charge is -2.21. The molecule has 1 N–H and O–H groups in total. The van der Waals surface area contributed by atoms with Crippen LogP contribution in [0.15, 0.2) is 36.5 Å². The molecule has 2 heterocycles. The van der Waals surface area contributed by atoms with Gasteiger partial charge >= 0.3 is 6.09 Å². The van der Waals surface area contributed by atoms with E-state index in [9.17, 15) is 4.79 Å². The zero-order valence-electron chi connectivity index (χ0n) is 17.3. The number of pyridine rings is 1. The van der Waals surface area contributed by atoms with Crippen molar-refractivity contribution in [1.82, 2.24) is 9.38 Å². The van der Waals surface area contributed by atoms with Crippen molar-refractivity contribution in [3.63, 3.8) is 0 Å². The van der Waals surface area contributed by atoms with Gasteiger partial charge in [0.05, 0.1) is 11.4 Å². The number of fused-ring (bicyclic) bond motifs is 1. The van der Waals surface area contributed by atoms with Crippen molar-refractivity contribution in [2.75, 3.05) is 5.32 Å². The van der Waals surface area contributed by atoms with E-state index < -0.39 is 11.7 Å². The van der Waals surface area contributed by atoms with Crippen LogP contribution in [0.5, 0.6) is 5.75 Å². The number of carbonyl (C=O) groups is 1. The Morgan fingerprint density at radius 2 is 1.89 bits per heavy atom. The van der Waals surface area contributed by atoms with Crippen molar-refractivity contribution in [3.05, 3.63) is 59.0 Å². The summed E-state index contributed by atoms with van der Waals surface area (Å²) in [4.78, 5) is 16.8. The summed E-state index contributed by atoms with van der Waals surface area (Å²) < 4.78 is 13.5. The number of ether oxygens (including phenoxy) is 2. The first kappa shape index (κ1) is 19.7. The first-order valence-electron chi connectivity index (χ1n) is 9.31. The number of hydrogen-bond donors (Lipinski definition) is 1. The van der Waals surface area contributed by atoms with Crippen LogP contribution in [0.3, 0.4) is 0 Å². The lowest BCUT2D eigenvalue weighted by molar-refractivity contribution is 0.0635. The van der Waals surface area contributed by atoms with Crippen LogP contribution in [0.2, 0.25) is 0 Å². The Kier molecular flexibility index (Phi) is 5.31. The average molecular weight is 381 g/mol. The predicted octanol–water partition coefficient (Wildman–Crippen LogP) is 5.19. The molecule has 6 nitrogen and oxygen atoms in total. The van der Waals surface area contributed by atoms with Gasteiger partial charge in [0, 0.05) is 17.5 Å². The van der Waals surface area contributed by atoms with E-state index in [4.69, 9.17) is 9.47 Å². The third-order valence-corrected chi connectivity index (χ3v) is 4.51. The highest BCUT2D eigenvalue weighted by Crippen LogP contribution is 2.26. The van der Waals surface area contributed by atoms with Gasteiger partial charge in [0.25, 0.3) is 0 Å². The van der Waals surface area contributed by atoms with Gasteiger partial charge in [-0.3, -0.25) is 5.32 Å². The largest absolute Gasteiger partial charge is 0.485 e. The second-order valence-electron chi connectivity index (χ2n) is 7.87. The first-order chi connectivity index (χ1) is 13.2. The molecule has 2 aromatic heterocycles. The number of aryl methyl sites for hydroxylation is 3. The maximum Gasteiger partial charge on any atom is 0.412 e. The molecular formula is C22H27N3O3. The van der Waals surface area contributed by atoms with E-state index in [2.05, 4.69) is 10.3 Å². The quantitative estimate of drug-likeness (QED) is 0.676. The van der Waals surface area contributed by atoms with Gasteiger partial charge in [-0.1, -0.05) is 12.1 Å². The highest BCUT2D eigenvalue weighted by Gasteiger charge is 2.18. The van der Waals surface area contributed by atoms with Crippen molar-refractivity contribution < 1.29 is 14.3 Å². The van der Waals surface area contributed by atoms with Gasteiger partial charge in [0.2, 0.25) is 0 Å². The van der Waals surface area contributed by atoms with Crippen LogP contribution in [0.25, 0.3) is 5.65 Å². The maximum atomic E-state index is 12.2. The maximum absolute atomic E-state index is 12.2. The topological polar surface area (TPSA) is 64.9 Å². The molecule has 0 aliphatic rings. The van der Waals surface area contributed by atoms with Crippen molar-refractivity contribution in [1.29, 1.82) is 0 Å². The van der Waals surface area contributed by atoms with Gasteiger partial charge in [-0.25, -0.2) is 9.78 Å². The average Bonchev–Trinajstić information content (AvgIpc) is 2.88. The zero-order valence-corrected chi connectivity index (χ0v) is 17.3. The van der Waals surface area contributed by atoms with Gasteiger partial charge in [0.15, 0.2) is 11.4 Å². The van der Waals surface area contributed by atoms with E-state index in [1.807, 2.05) is 82.5 Å². The summed E-state index contributed by atoms with van der Waals surface area (Å²) in [6.07, 6.45) is 1.49. The molecule has 0 saturated carbocycles. The summed E-state index contributed by atoms with van der Waals surface area (Å²) in [5.41, 5.74) is 4.88. The Morgan fingerprint density at radius 1 is 1.14 bits per heavy atom. The molecule has 0 aliphatic heterocycles. The van der Waals surface area contributed by atoms with Crippen LogP contribution in [0.1, 0.15) is 43.3 Å². The summed E-state index contributed by atoms with van der Waals surface area (Å²) in [7, 11) is 0. The molecule has 0 saturated heterocycles. The summed E-state index contributed by atoms with van der Waals surface area (Å²) in [5.74, 6) is 0.699. The molecule has 0 spiro atoms. The minimum atomic E-state index is -0.559. The Balaban J connectivity index is 1.84. The zero-order chi connectivity index (χ0) is 20.5. The second kappa shape index (κ2) is 7.54. The molecule has 1 aromatic carbocycles. The highest BCUT2D eigenvalue weighted by atomic mass is 16.6. The molecule has 148 valence electrons. The van der Waals surface area contributed by atoms with Crippen molar-refractivity contribution >= 4 is 17.4 Å². The Labute approximate surface area is 165 Å². The number of benzene rings is 1. The molecule has 0 radical (unpaired) electrons. The molecule has 6 heteroatoms. The van der Waals surface area contributed by atoms with Crippen molar-refractivity contribution in [2.24, 2.45) is 0 Å². The molecule has 3 rings (SSSR count). The number of hydrogen-bond acceptors (Lipinski definition) is 4. The molecule has 3 aromatic rings. The fourth-order valence-electron chi connectivity index (χ4n) is 2.96. The lowest BCUT2D eigenvalue weighted by atomic mass is 10.1. The minimum absolute atomic E-state index is 0.308. The van der Waals surface area contributed by atoms with Gasteiger partial charge in [-0.2, -0.15) is 0 Å². The smallest absolute Gasteiger partial charge is 0.412 e. The fraction of sp³-hybridized carbons (Fsp3) is 0.364. The third kappa shape index (κ3) is 4.27. The number of imidazole rings is 1. The summed E-state index contributed by atoms with van der Waals surface area (Å²) in [6.45, 7) is 11.8. The van der Waals surface area contributed by atoms with E-state index in [0.717, 1.165) is 28.2 Å². The molecule has 28 heavy (non-hydrogen) atoms. The van der Waals surface area contributed by atoms with Gasteiger partial charge < -0.3 is 13.9 Å². The van der Waals surface area contributed by atoms with Crippen LogP contribution in [-0.4, -0.2) is 21.1 Å². The minimum Gasteiger partial charge on any atom is -0.485 e. The third-order valence-electron chi connectivity index (χ3n) is 4.51. The Hall–Kier alpha value is -3.02. The number of amides is 1. The van der Waals surface area contributed by atoms with Crippen LogP contribution in [-0.2, 0) is 11.3 Å². The number of anilines is 1. The van der Waals surface area contributed by atoms with Crippen molar-refractivity contribution in [3.8, 4) is 5.75 Å². The van der Waals surface area contributed by atoms with Crippen LogP contribution >= 0.6 is 0 Å². The van der Waals surface area contributed by atoms with Gasteiger partial charge in [-0.05, 0) is 65.3 Å². The molecule has 1 amide bonds. The first-order valence-corrected chi connectivity index (χ1v) is 9.31. The van der Waals surface area contributed by atoms with E-state index in [1.165, 1.54) is 0 Å². The van der Waals surface area contributed by atoms with Crippen LogP contribution in [0, 0.1) is 20.8 Å². The summed E-state index contributed by atoms with van der Waals surface area (Å²) in [6, 6.07) is 9.57. The lowest BCUT2D eigenvalue weighted by Crippen LogP contribution is -2.27. The van der Waals surface area contributed by atoms with Gasteiger partial charge in [-0.15, -0.1) is 0 Å². The monoisotopic (exact) mass is 381 g/mol. The van der Waals surface area contributed by atoms with E-state index in [1.54, 1.807) is 0 Å². The number of carbonyl (C=O) groups excluding carboxylic acids is 1. The summed E-state index contributed by atoms with van der Waals surface area (Å²) >= 11 is 0. The Bertz CT molecular complexity index is 1020. The molecule has 0 fully saturated rings. The van der Waals surface area contributed by atoms with Crippen molar-refractivity contribution in [2.45, 2.75) is 53.8 Å². The predicted molar refractivity (Wildman–Crippen MR) is 110 cm³/mol. The number of aromatic nitrogens is 2. The molecule has 0 aliphatic carbocycles. The normalized spacial score (nSPS) is 11.5. The summed E-state index contributed by atoms with van der Waals surface area (Å²) in [5, 5.41) is 2.83. The van der Waals surface area contributed by atoms with Gasteiger partial charge in [0.1, 0.15) is 12.2 Å². The van der Waals surface area contributed by atoms with E-state index in [-0.39, 0.29) is 0 Å². The highest BCUT2D eigenvalue weighted by molar-refractivity contribution is 5.86. The number of rotatable bonds is 4. The molecular weight excluding hydrogens is 354 g/mol. The second-order valence-corrected chi connectivity index (χ2v) is 7.87. The fourth-order valence-corrected chi connectivity index (χ4v) is 2.96. The van der Waals surface area contributed by atoms with E-state index in [0.29, 0.717) is 18.0 Å². The Morgan fingerprint density at radius 3 is 2.61 bits per heavy atom. The van der Waals surface area contributed by atoms with Crippen LogP contribution < -0.4 is 10.1 Å².